The summed E-state index contributed by atoms with van der Waals surface area (Å²) in [6.07, 6.45) is 3.44. The molecule has 0 aliphatic carbocycles. The van der Waals surface area contributed by atoms with Crippen molar-refractivity contribution in [1.29, 1.82) is 5.26 Å². The predicted octanol–water partition coefficient (Wildman–Crippen LogP) is 2.70. The Balaban J connectivity index is 1.48. The molecule has 30 heavy (non-hydrogen) atoms. The molecule has 0 saturated carbocycles. The monoisotopic (exact) mass is 425 g/mol. The maximum Gasteiger partial charge on any atom is 0.264 e. The third-order valence-corrected chi connectivity index (χ3v) is 7.45. The number of para-hydroxylation sites is 1. The first-order valence-corrected chi connectivity index (χ1v) is 11.5. The third-order valence-electron chi connectivity index (χ3n) is 5.56. The molecule has 1 fully saturated rings. The number of nitriles is 1. The third kappa shape index (κ3) is 3.91. The number of hydrogen-bond acceptors (Lipinski definition) is 5. The Hall–Kier alpha value is -2.89. The molecule has 0 N–H and O–H groups in total. The maximum atomic E-state index is 12.9. The van der Waals surface area contributed by atoms with E-state index in [-0.39, 0.29) is 17.4 Å². The minimum absolute atomic E-state index is 0.189. The molecule has 0 bridgehead atoms. The molecule has 0 unspecified atom stereocenters. The van der Waals surface area contributed by atoms with E-state index in [4.69, 9.17) is 10.00 Å². The number of carbonyl (C=O) groups is 1. The van der Waals surface area contributed by atoms with Crippen molar-refractivity contribution in [3.8, 4) is 11.8 Å². The van der Waals surface area contributed by atoms with Gasteiger partial charge >= 0.3 is 0 Å². The highest BCUT2D eigenvalue weighted by atomic mass is 32.2. The van der Waals surface area contributed by atoms with Crippen LogP contribution in [0.2, 0.25) is 0 Å². The number of sulfonamides is 1. The molecule has 8 heteroatoms. The van der Waals surface area contributed by atoms with Gasteiger partial charge in [-0.3, -0.25) is 4.79 Å². The van der Waals surface area contributed by atoms with Gasteiger partial charge in [0, 0.05) is 25.3 Å². The molecule has 2 aromatic carbocycles. The normalized spacial score (nSPS) is 16.7. The van der Waals surface area contributed by atoms with E-state index >= 15 is 0 Å². The van der Waals surface area contributed by atoms with Gasteiger partial charge in [-0.25, -0.2) is 8.42 Å². The molecule has 156 valence electrons. The van der Waals surface area contributed by atoms with Crippen LogP contribution in [0.25, 0.3) is 0 Å². The molecule has 0 aromatic heterocycles. The number of ether oxygens (including phenoxy) is 1. The van der Waals surface area contributed by atoms with Crippen molar-refractivity contribution >= 4 is 21.6 Å². The predicted molar refractivity (Wildman–Crippen MR) is 112 cm³/mol. The van der Waals surface area contributed by atoms with E-state index in [9.17, 15) is 13.2 Å². The number of benzene rings is 2. The Morgan fingerprint density at radius 1 is 1.07 bits per heavy atom. The summed E-state index contributed by atoms with van der Waals surface area (Å²) in [5.74, 6) is 0.142. The molecule has 2 aromatic rings. The first-order valence-electron chi connectivity index (χ1n) is 10.1. The number of nitrogens with zero attached hydrogens (tertiary/aromatic N) is 3. The van der Waals surface area contributed by atoms with Crippen molar-refractivity contribution in [1.82, 2.24) is 4.31 Å². The van der Waals surface area contributed by atoms with Crippen LogP contribution in [-0.4, -0.2) is 44.9 Å². The second kappa shape index (κ2) is 8.46. The number of hydrogen-bond donors (Lipinski definition) is 0. The van der Waals surface area contributed by atoms with Gasteiger partial charge in [-0.05, 0) is 55.2 Å². The van der Waals surface area contributed by atoms with Crippen LogP contribution in [0.15, 0.2) is 47.4 Å². The second-order valence-corrected chi connectivity index (χ2v) is 9.39. The zero-order chi connectivity index (χ0) is 21.1. The van der Waals surface area contributed by atoms with E-state index in [1.807, 2.05) is 6.07 Å². The average molecular weight is 426 g/mol. The summed E-state index contributed by atoms with van der Waals surface area (Å²) < 4.78 is 33.0. The highest BCUT2D eigenvalue weighted by molar-refractivity contribution is 7.89. The van der Waals surface area contributed by atoms with Crippen LogP contribution in [0.3, 0.4) is 0 Å². The summed E-state index contributed by atoms with van der Waals surface area (Å²) in [7, 11) is -3.50. The summed E-state index contributed by atoms with van der Waals surface area (Å²) in [5.41, 5.74) is 1.94. The Morgan fingerprint density at radius 2 is 1.83 bits per heavy atom. The summed E-state index contributed by atoms with van der Waals surface area (Å²) >= 11 is 0. The van der Waals surface area contributed by atoms with Gasteiger partial charge in [-0.15, -0.1) is 0 Å². The number of rotatable bonds is 5. The summed E-state index contributed by atoms with van der Waals surface area (Å²) in [6.45, 7) is 1.41. The molecule has 0 spiro atoms. The van der Waals surface area contributed by atoms with E-state index in [0.29, 0.717) is 37.4 Å². The van der Waals surface area contributed by atoms with Crippen LogP contribution in [-0.2, 0) is 21.2 Å². The lowest BCUT2D eigenvalue weighted by Gasteiger charge is -2.26. The summed E-state index contributed by atoms with van der Waals surface area (Å²) in [4.78, 5) is 14.6. The molecule has 2 heterocycles. The van der Waals surface area contributed by atoms with Crippen molar-refractivity contribution in [2.24, 2.45) is 0 Å². The lowest BCUT2D eigenvalue weighted by Crippen LogP contribution is -2.35. The van der Waals surface area contributed by atoms with Crippen molar-refractivity contribution in [3.05, 3.63) is 53.6 Å². The molecular weight excluding hydrogens is 402 g/mol. The molecule has 0 atom stereocenters. The van der Waals surface area contributed by atoms with Crippen molar-refractivity contribution < 1.29 is 17.9 Å². The van der Waals surface area contributed by atoms with E-state index in [2.05, 4.69) is 0 Å². The molecule has 1 amide bonds. The topological polar surface area (TPSA) is 90.7 Å². The van der Waals surface area contributed by atoms with Crippen molar-refractivity contribution in [2.75, 3.05) is 31.1 Å². The lowest BCUT2D eigenvalue weighted by molar-refractivity contribution is -0.120. The molecule has 2 aliphatic heterocycles. The zero-order valence-corrected chi connectivity index (χ0v) is 17.4. The zero-order valence-electron chi connectivity index (χ0n) is 16.6. The first kappa shape index (κ1) is 20.4. The van der Waals surface area contributed by atoms with Gasteiger partial charge in [0.15, 0.2) is 6.61 Å². The highest BCUT2D eigenvalue weighted by Crippen LogP contribution is 2.32. The fraction of sp³-hybridized carbons (Fsp3) is 0.364. The maximum absolute atomic E-state index is 12.9. The second-order valence-electron chi connectivity index (χ2n) is 7.45. The SMILES string of the molecule is N#Cc1ccccc1OCC(=O)N1CCc2cc(S(=O)(=O)N3CCCCC3)ccc21. The lowest BCUT2D eigenvalue weighted by atomic mass is 10.2. The van der Waals surface area contributed by atoms with Gasteiger partial charge in [0.1, 0.15) is 11.8 Å². The van der Waals surface area contributed by atoms with E-state index < -0.39 is 10.0 Å². The molecule has 7 nitrogen and oxygen atoms in total. The standard InChI is InChI=1S/C22H23N3O4S/c23-15-18-6-2-3-7-21(18)29-16-22(26)25-13-10-17-14-19(8-9-20(17)25)30(27,28)24-11-4-1-5-12-24/h2-3,6-9,14H,1,4-5,10-13,16H2. The molecule has 4 rings (SSSR count). The van der Waals surface area contributed by atoms with Gasteiger partial charge in [-0.1, -0.05) is 18.6 Å². The number of carbonyl (C=O) groups excluding carboxylic acids is 1. The van der Waals surface area contributed by atoms with Crippen LogP contribution in [0.5, 0.6) is 5.75 Å². The van der Waals surface area contributed by atoms with Gasteiger partial charge in [0.2, 0.25) is 10.0 Å². The van der Waals surface area contributed by atoms with E-state index in [1.165, 1.54) is 0 Å². The number of fused-ring (bicyclic) bond motifs is 1. The van der Waals surface area contributed by atoms with Gasteiger partial charge in [0.25, 0.3) is 5.91 Å². The Morgan fingerprint density at radius 3 is 2.60 bits per heavy atom. The number of anilines is 1. The minimum atomic E-state index is -3.50. The van der Waals surface area contributed by atoms with Gasteiger partial charge < -0.3 is 9.64 Å². The van der Waals surface area contributed by atoms with Gasteiger partial charge in [-0.2, -0.15) is 9.57 Å². The summed E-state index contributed by atoms with van der Waals surface area (Å²) in [6, 6.07) is 13.8. The number of amides is 1. The summed E-state index contributed by atoms with van der Waals surface area (Å²) in [5, 5.41) is 9.13. The smallest absolute Gasteiger partial charge is 0.264 e. The van der Waals surface area contributed by atoms with Crippen molar-refractivity contribution in [3.63, 3.8) is 0 Å². The largest absolute Gasteiger partial charge is 0.482 e. The van der Waals surface area contributed by atoms with Crippen LogP contribution in [0.1, 0.15) is 30.4 Å². The quantitative estimate of drug-likeness (QED) is 0.735. The fourth-order valence-electron chi connectivity index (χ4n) is 3.95. The molecule has 1 saturated heterocycles. The van der Waals surface area contributed by atoms with Crippen LogP contribution in [0, 0.1) is 11.3 Å². The average Bonchev–Trinajstić information content (AvgIpc) is 3.21. The number of piperidine rings is 1. The van der Waals surface area contributed by atoms with Crippen LogP contribution < -0.4 is 9.64 Å². The first-order chi connectivity index (χ1) is 14.5. The fourth-order valence-corrected chi connectivity index (χ4v) is 5.52. The van der Waals surface area contributed by atoms with Crippen LogP contribution >= 0.6 is 0 Å². The highest BCUT2D eigenvalue weighted by Gasteiger charge is 2.30. The molecule has 0 radical (unpaired) electrons. The Bertz CT molecular complexity index is 1100. The van der Waals surface area contributed by atoms with E-state index in [0.717, 1.165) is 30.5 Å². The minimum Gasteiger partial charge on any atom is -0.482 e. The van der Waals surface area contributed by atoms with Crippen LogP contribution in [0.4, 0.5) is 5.69 Å². The van der Waals surface area contributed by atoms with E-state index in [1.54, 1.807) is 51.7 Å². The Labute approximate surface area is 176 Å². The Kier molecular flexibility index (Phi) is 5.75. The molecular formula is C22H23N3O4S. The molecule has 2 aliphatic rings. The van der Waals surface area contributed by atoms with Crippen molar-refractivity contribution in [2.45, 2.75) is 30.6 Å². The van der Waals surface area contributed by atoms with Gasteiger partial charge in [0.05, 0.1) is 10.5 Å².